The van der Waals surface area contributed by atoms with Crippen LogP contribution in [-0.2, 0) is 0 Å². The summed E-state index contributed by atoms with van der Waals surface area (Å²) < 4.78 is 5.72. The second-order valence-corrected chi connectivity index (χ2v) is 4.33. The summed E-state index contributed by atoms with van der Waals surface area (Å²) in [6, 6.07) is 14.6. The van der Waals surface area contributed by atoms with E-state index in [-0.39, 0.29) is 11.4 Å². The third-order valence-corrected chi connectivity index (χ3v) is 2.99. The summed E-state index contributed by atoms with van der Waals surface area (Å²) in [6.45, 7) is 0. The average Bonchev–Trinajstić information content (AvgIpc) is 2.47. The summed E-state index contributed by atoms with van der Waals surface area (Å²) in [5.41, 5.74) is 1.43. The van der Waals surface area contributed by atoms with E-state index in [9.17, 15) is 15.2 Å². The minimum Gasteiger partial charge on any atom is -0.508 e. The largest absolute Gasteiger partial charge is 0.508 e. The van der Waals surface area contributed by atoms with E-state index < -0.39 is 4.92 Å². The average molecular weight is 268 g/mol. The molecule has 0 aliphatic carbocycles. The van der Waals surface area contributed by atoms with Crippen molar-refractivity contribution in [2.24, 2.45) is 0 Å². The smallest absolute Gasteiger partial charge is 0.361 e. The van der Waals surface area contributed by atoms with Gasteiger partial charge < -0.3 is 5.11 Å². The molecule has 3 aromatic rings. The van der Waals surface area contributed by atoms with Gasteiger partial charge in [-0.1, -0.05) is 0 Å². The Morgan fingerprint density at radius 2 is 1.75 bits per heavy atom. The van der Waals surface area contributed by atoms with Crippen molar-refractivity contribution in [3.63, 3.8) is 0 Å². The number of hydrogen-bond donors (Lipinski definition) is 1. The molecule has 5 nitrogen and oxygen atoms in total. The molecule has 0 fully saturated rings. The predicted molar refractivity (Wildman–Crippen MR) is 74.4 cm³/mol. The normalized spacial score (nSPS) is 10.6. The molecular weight excluding hydrogens is 258 g/mol. The highest BCUT2D eigenvalue weighted by Crippen LogP contribution is 2.27. The maximum absolute atomic E-state index is 10.7. The number of aromatic hydroxyl groups is 1. The van der Waals surface area contributed by atoms with Crippen LogP contribution in [0.4, 0.5) is 5.69 Å². The van der Waals surface area contributed by atoms with Crippen LogP contribution in [0.2, 0.25) is 0 Å². The fraction of sp³-hybridized carbons (Fsp3) is 0. The van der Waals surface area contributed by atoms with Crippen LogP contribution in [0.5, 0.6) is 5.75 Å². The van der Waals surface area contributed by atoms with Crippen molar-refractivity contribution in [2.45, 2.75) is 0 Å². The van der Waals surface area contributed by atoms with Gasteiger partial charge in [-0.3, -0.25) is 10.1 Å². The summed E-state index contributed by atoms with van der Waals surface area (Å²) in [5.74, 6) is 0.816. The molecule has 1 N–H and O–H groups in total. The molecule has 0 saturated carbocycles. The lowest BCUT2D eigenvalue weighted by Crippen LogP contribution is -1.87. The molecule has 20 heavy (non-hydrogen) atoms. The number of nitro groups is 1. The monoisotopic (exact) mass is 268 g/mol. The maximum Gasteiger partial charge on any atom is 0.361 e. The second kappa shape index (κ2) is 4.62. The van der Waals surface area contributed by atoms with Crippen LogP contribution >= 0.6 is 0 Å². The first-order valence-electron chi connectivity index (χ1n) is 5.94. The Kier molecular flexibility index (Phi) is 2.80. The Morgan fingerprint density at radius 3 is 2.45 bits per heavy atom. The van der Waals surface area contributed by atoms with Gasteiger partial charge in [-0.15, -0.1) is 0 Å². The van der Waals surface area contributed by atoms with E-state index in [1.54, 1.807) is 42.5 Å². The van der Waals surface area contributed by atoms with Crippen LogP contribution in [0.25, 0.3) is 22.3 Å². The van der Waals surface area contributed by atoms with Crippen LogP contribution in [0.1, 0.15) is 0 Å². The molecule has 5 heteroatoms. The third kappa shape index (κ3) is 2.16. The van der Waals surface area contributed by atoms with Gasteiger partial charge in [-0.2, -0.15) is 0 Å². The zero-order chi connectivity index (χ0) is 14.1. The summed E-state index contributed by atoms with van der Waals surface area (Å²) in [7, 11) is 0. The Bertz CT molecular complexity index is 797. The van der Waals surface area contributed by atoms with Crippen molar-refractivity contribution in [3.8, 4) is 17.1 Å². The molecule has 0 saturated heterocycles. The van der Waals surface area contributed by atoms with Gasteiger partial charge in [0.1, 0.15) is 5.75 Å². The number of hydrogen-bond acceptors (Lipinski definition) is 3. The van der Waals surface area contributed by atoms with Gasteiger partial charge in [-0.05, 0) is 30.3 Å². The maximum atomic E-state index is 10.7. The molecule has 1 aromatic heterocycles. The molecule has 0 spiro atoms. The van der Waals surface area contributed by atoms with Gasteiger partial charge in [0, 0.05) is 18.2 Å². The fourth-order valence-corrected chi connectivity index (χ4v) is 1.97. The van der Waals surface area contributed by atoms with Crippen molar-refractivity contribution in [1.82, 2.24) is 0 Å². The van der Waals surface area contributed by atoms with E-state index >= 15 is 0 Å². The highest BCUT2D eigenvalue weighted by Gasteiger charge is 2.17. The Morgan fingerprint density at radius 1 is 1.00 bits per heavy atom. The zero-order valence-corrected chi connectivity index (χ0v) is 10.3. The van der Waals surface area contributed by atoms with Crippen LogP contribution in [0.3, 0.4) is 0 Å². The van der Waals surface area contributed by atoms with E-state index in [4.69, 9.17) is 4.42 Å². The zero-order valence-electron chi connectivity index (χ0n) is 10.3. The summed E-state index contributed by atoms with van der Waals surface area (Å²) in [4.78, 5) is 10.3. The number of nitro benzene ring substituents is 1. The van der Waals surface area contributed by atoms with Gasteiger partial charge in [0.15, 0.2) is 0 Å². The molecule has 0 radical (unpaired) electrons. The van der Waals surface area contributed by atoms with Gasteiger partial charge in [0.2, 0.25) is 0 Å². The van der Waals surface area contributed by atoms with Gasteiger partial charge in [-0.25, -0.2) is 4.42 Å². The molecule has 0 bridgehead atoms. The van der Waals surface area contributed by atoms with E-state index in [2.05, 4.69) is 0 Å². The van der Waals surface area contributed by atoms with Gasteiger partial charge >= 0.3 is 11.3 Å². The molecule has 0 aliphatic heterocycles. The van der Waals surface area contributed by atoms with Gasteiger partial charge in [0.25, 0.3) is 5.69 Å². The van der Waals surface area contributed by atoms with E-state index in [1.807, 2.05) is 0 Å². The number of phenolic OH excluding ortho intramolecular Hbond substituents is 1. The lowest BCUT2D eigenvalue weighted by atomic mass is 10.1. The Labute approximate surface area is 113 Å². The van der Waals surface area contributed by atoms with E-state index in [0.29, 0.717) is 16.7 Å². The van der Waals surface area contributed by atoms with Crippen molar-refractivity contribution in [3.05, 3.63) is 64.7 Å². The number of non-ortho nitro benzene ring substituents is 1. The van der Waals surface area contributed by atoms with Crippen LogP contribution in [0.15, 0.2) is 59.0 Å². The molecule has 98 valence electrons. The predicted octanol–water partition coefficient (Wildman–Crippen LogP) is 3.99. The van der Waals surface area contributed by atoms with Crippen molar-refractivity contribution >= 4 is 16.7 Å². The standard InChI is InChI=1S/C15H9NO4/c17-13-5-1-10(2-6-13)14-7-3-11-9-12(16(18)19)4-8-15(11)20-14/h1-9H/p+1. The molecule has 0 amide bonds. The number of fused-ring (bicyclic) bond motifs is 1. The second-order valence-electron chi connectivity index (χ2n) is 4.33. The van der Waals surface area contributed by atoms with Crippen molar-refractivity contribution in [2.75, 3.05) is 0 Å². The number of benzene rings is 2. The topological polar surface area (TPSA) is 74.7 Å². The first-order valence-corrected chi connectivity index (χ1v) is 5.94. The molecule has 3 rings (SSSR count). The Balaban J connectivity index is 2.09. The minimum absolute atomic E-state index is 0.0325. The molecular formula is C15H10NO4+. The number of rotatable bonds is 2. The first kappa shape index (κ1) is 12.1. The molecule has 0 aliphatic rings. The summed E-state index contributed by atoms with van der Waals surface area (Å²) in [6.07, 6.45) is 0. The van der Waals surface area contributed by atoms with Crippen LogP contribution in [-0.4, -0.2) is 10.0 Å². The first-order chi connectivity index (χ1) is 9.63. The number of phenols is 1. The van der Waals surface area contributed by atoms with E-state index in [0.717, 1.165) is 5.56 Å². The van der Waals surface area contributed by atoms with Crippen LogP contribution < -0.4 is 0 Å². The van der Waals surface area contributed by atoms with Crippen molar-refractivity contribution < 1.29 is 14.4 Å². The summed E-state index contributed by atoms with van der Waals surface area (Å²) >= 11 is 0. The van der Waals surface area contributed by atoms with Crippen LogP contribution in [0, 0.1) is 10.1 Å². The lowest BCUT2D eigenvalue weighted by molar-refractivity contribution is -0.384. The number of nitrogens with zero attached hydrogens (tertiary/aromatic N) is 1. The highest BCUT2D eigenvalue weighted by molar-refractivity contribution is 5.81. The molecule has 0 unspecified atom stereocenters. The fourth-order valence-electron chi connectivity index (χ4n) is 1.97. The highest BCUT2D eigenvalue weighted by atomic mass is 16.6. The third-order valence-electron chi connectivity index (χ3n) is 2.99. The van der Waals surface area contributed by atoms with Gasteiger partial charge in [0.05, 0.1) is 21.9 Å². The molecule has 1 heterocycles. The SMILES string of the molecule is O=[N+]([O-])c1ccc2[o+]c(-c3ccc(O)cc3)ccc2c1. The van der Waals surface area contributed by atoms with E-state index in [1.165, 1.54) is 12.1 Å². The molecule has 2 aromatic carbocycles. The molecule has 0 atom stereocenters. The van der Waals surface area contributed by atoms with Crippen molar-refractivity contribution in [1.29, 1.82) is 0 Å². The summed E-state index contributed by atoms with van der Waals surface area (Å²) in [5, 5.41) is 20.6. The quantitative estimate of drug-likeness (QED) is 0.433. The lowest BCUT2D eigenvalue weighted by Gasteiger charge is -1.95. The Hall–Kier alpha value is -2.95. The minimum atomic E-state index is -0.437.